The van der Waals surface area contributed by atoms with Gasteiger partial charge in [-0.05, 0) is 29.6 Å². The van der Waals surface area contributed by atoms with Crippen LogP contribution in [0.15, 0.2) is 40.5 Å². The standard InChI is InChI=1S/C16H12N4O4S/c1-19-14(22)13-11(5-6-25-13)20-12(17-18-16(19)20)8-24-15(23)9-3-2-4-10(21)7-9/h2-7,21H,8H2,1H3. The maximum atomic E-state index is 12.3. The molecule has 0 fully saturated rings. The third kappa shape index (κ3) is 2.45. The van der Waals surface area contributed by atoms with Crippen molar-refractivity contribution in [3.8, 4) is 5.75 Å². The predicted octanol–water partition coefficient (Wildman–Crippen LogP) is 1.71. The molecule has 0 atom stereocenters. The molecule has 0 radical (unpaired) electrons. The van der Waals surface area contributed by atoms with E-state index in [1.165, 1.54) is 28.0 Å². The van der Waals surface area contributed by atoms with E-state index in [0.29, 0.717) is 21.8 Å². The van der Waals surface area contributed by atoms with Crippen molar-refractivity contribution in [1.29, 1.82) is 0 Å². The second kappa shape index (κ2) is 5.71. The zero-order chi connectivity index (χ0) is 17.6. The summed E-state index contributed by atoms with van der Waals surface area (Å²) in [6, 6.07) is 7.70. The molecule has 0 amide bonds. The summed E-state index contributed by atoms with van der Waals surface area (Å²) in [7, 11) is 1.62. The summed E-state index contributed by atoms with van der Waals surface area (Å²) in [5, 5.41) is 19.3. The lowest BCUT2D eigenvalue weighted by Gasteiger charge is -2.06. The maximum absolute atomic E-state index is 12.3. The number of hydrogen-bond donors (Lipinski definition) is 1. The van der Waals surface area contributed by atoms with E-state index < -0.39 is 5.97 Å². The Morgan fingerprint density at radius 1 is 1.32 bits per heavy atom. The van der Waals surface area contributed by atoms with Gasteiger partial charge in [0.25, 0.3) is 5.56 Å². The van der Waals surface area contributed by atoms with Crippen LogP contribution in [-0.4, -0.2) is 30.2 Å². The number of phenolic OH excluding ortho intramolecular Hbond substituents is 1. The number of nitrogens with zero attached hydrogens (tertiary/aromatic N) is 4. The number of thiophene rings is 1. The molecule has 0 aliphatic rings. The van der Waals surface area contributed by atoms with E-state index in [-0.39, 0.29) is 23.5 Å². The maximum Gasteiger partial charge on any atom is 0.338 e. The first-order chi connectivity index (χ1) is 12.1. The molecule has 4 rings (SSSR count). The van der Waals surface area contributed by atoms with Crippen LogP contribution in [0.2, 0.25) is 0 Å². The summed E-state index contributed by atoms with van der Waals surface area (Å²) in [6.07, 6.45) is 0. The Morgan fingerprint density at radius 3 is 2.96 bits per heavy atom. The number of phenols is 1. The molecule has 0 bridgehead atoms. The molecule has 0 aliphatic carbocycles. The van der Waals surface area contributed by atoms with Crippen LogP contribution in [0, 0.1) is 0 Å². The molecule has 4 aromatic rings. The van der Waals surface area contributed by atoms with E-state index >= 15 is 0 Å². The zero-order valence-electron chi connectivity index (χ0n) is 13.0. The third-order valence-electron chi connectivity index (χ3n) is 3.81. The van der Waals surface area contributed by atoms with Crippen LogP contribution in [0.5, 0.6) is 5.75 Å². The smallest absolute Gasteiger partial charge is 0.338 e. The van der Waals surface area contributed by atoms with Crippen molar-refractivity contribution in [2.24, 2.45) is 7.05 Å². The first-order valence-electron chi connectivity index (χ1n) is 7.32. The number of esters is 1. The van der Waals surface area contributed by atoms with Crippen molar-refractivity contribution in [3.63, 3.8) is 0 Å². The normalized spacial score (nSPS) is 11.2. The van der Waals surface area contributed by atoms with Crippen molar-refractivity contribution >= 4 is 33.3 Å². The van der Waals surface area contributed by atoms with Gasteiger partial charge in [-0.1, -0.05) is 6.07 Å². The van der Waals surface area contributed by atoms with Gasteiger partial charge >= 0.3 is 5.97 Å². The largest absolute Gasteiger partial charge is 0.508 e. The topological polar surface area (TPSA) is 98.7 Å². The number of hydrogen-bond acceptors (Lipinski definition) is 7. The minimum absolute atomic E-state index is 0.0163. The Labute approximate surface area is 144 Å². The Morgan fingerprint density at radius 2 is 2.16 bits per heavy atom. The van der Waals surface area contributed by atoms with Gasteiger partial charge in [-0.3, -0.25) is 13.8 Å². The summed E-state index contributed by atoms with van der Waals surface area (Å²) >= 11 is 1.33. The molecule has 8 nitrogen and oxygen atoms in total. The molecule has 0 saturated carbocycles. The number of aryl methyl sites for hydroxylation is 1. The number of carbonyl (C=O) groups excluding carboxylic acids is 1. The molecule has 0 aliphatic heterocycles. The van der Waals surface area contributed by atoms with Crippen LogP contribution in [0.4, 0.5) is 0 Å². The van der Waals surface area contributed by atoms with E-state index in [0.717, 1.165) is 0 Å². The number of rotatable bonds is 3. The van der Waals surface area contributed by atoms with Crippen molar-refractivity contribution in [2.45, 2.75) is 6.61 Å². The molecule has 3 heterocycles. The molecule has 9 heteroatoms. The molecule has 25 heavy (non-hydrogen) atoms. The van der Waals surface area contributed by atoms with Gasteiger partial charge in [0, 0.05) is 7.05 Å². The summed E-state index contributed by atoms with van der Waals surface area (Å²) in [5.74, 6) is 0.179. The number of aromatic hydroxyl groups is 1. The molecular formula is C16H12N4O4S. The van der Waals surface area contributed by atoms with E-state index in [1.807, 2.05) is 5.38 Å². The Bertz CT molecular complexity index is 1170. The van der Waals surface area contributed by atoms with Gasteiger partial charge in [0.1, 0.15) is 10.4 Å². The first-order valence-corrected chi connectivity index (χ1v) is 8.20. The summed E-state index contributed by atoms with van der Waals surface area (Å²) in [5.41, 5.74) is 0.770. The highest BCUT2D eigenvalue weighted by Gasteiger charge is 2.17. The summed E-state index contributed by atoms with van der Waals surface area (Å²) in [6.45, 7) is -0.112. The fraction of sp³-hybridized carbons (Fsp3) is 0.125. The Balaban J connectivity index is 1.71. The average molecular weight is 356 g/mol. The molecule has 126 valence electrons. The van der Waals surface area contributed by atoms with Gasteiger partial charge in [-0.2, -0.15) is 0 Å². The predicted molar refractivity (Wildman–Crippen MR) is 90.8 cm³/mol. The number of ether oxygens (including phenoxy) is 1. The molecule has 0 unspecified atom stereocenters. The SMILES string of the molecule is Cn1c(=O)c2sccc2n2c(COC(=O)c3cccc(O)c3)nnc12. The van der Waals surface area contributed by atoms with Crippen molar-refractivity contribution in [1.82, 2.24) is 19.2 Å². The van der Waals surface area contributed by atoms with Gasteiger partial charge in [0.05, 0.1) is 11.1 Å². The molecule has 1 N–H and O–H groups in total. The van der Waals surface area contributed by atoms with E-state index in [9.17, 15) is 14.7 Å². The quantitative estimate of drug-likeness (QED) is 0.561. The van der Waals surface area contributed by atoms with Gasteiger partial charge < -0.3 is 9.84 Å². The molecule has 3 aromatic heterocycles. The van der Waals surface area contributed by atoms with Gasteiger partial charge in [-0.25, -0.2) is 4.79 Å². The second-order valence-corrected chi connectivity index (χ2v) is 6.29. The van der Waals surface area contributed by atoms with E-state index in [4.69, 9.17) is 4.74 Å². The van der Waals surface area contributed by atoms with Gasteiger partial charge in [0.15, 0.2) is 12.4 Å². The van der Waals surface area contributed by atoms with Crippen LogP contribution in [0.3, 0.4) is 0 Å². The van der Waals surface area contributed by atoms with E-state index in [2.05, 4.69) is 10.2 Å². The van der Waals surface area contributed by atoms with E-state index in [1.54, 1.807) is 29.6 Å². The molecule has 0 saturated heterocycles. The minimum Gasteiger partial charge on any atom is -0.508 e. The summed E-state index contributed by atoms with van der Waals surface area (Å²) < 4.78 is 8.96. The number of fused-ring (bicyclic) bond motifs is 3. The summed E-state index contributed by atoms with van der Waals surface area (Å²) in [4.78, 5) is 24.4. The lowest BCUT2D eigenvalue weighted by atomic mass is 10.2. The van der Waals surface area contributed by atoms with Gasteiger partial charge in [0.2, 0.25) is 5.78 Å². The third-order valence-corrected chi connectivity index (χ3v) is 4.70. The molecule has 0 spiro atoms. The van der Waals surface area contributed by atoms with Crippen molar-refractivity contribution in [2.75, 3.05) is 0 Å². The van der Waals surface area contributed by atoms with Gasteiger partial charge in [-0.15, -0.1) is 21.5 Å². The highest BCUT2D eigenvalue weighted by atomic mass is 32.1. The highest BCUT2D eigenvalue weighted by molar-refractivity contribution is 7.17. The lowest BCUT2D eigenvalue weighted by molar-refractivity contribution is 0.0461. The number of carbonyl (C=O) groups is 1. The number of aromatic nitrogens is 4. The second-order valence-electron chi connectivity index (χ2n) is 5.38. The molecular weight excluding hydrogens is 344 g/mol. The zero-order valence-corrected chi connectivity index (χ0v) is 13.9. The fourth-order valence-corrected chi connectivity index (χ4v) is 3.44. The van der Waals surface area contributed by atoms with Crippen LogP contribution in [0.1, 0.15) is 16.2 Å². The van der Waals surface area contributed by atoms with Crippen molar-refractivity contribution in [3.05, 3.63) is 57.5 Å². The van der Waals surface area contributed by atoms with Crippen LogP contribution >= 0.6 is 11.3 Å². The monoisotopic (exact) mass is 356 g/mol. The Kier molecular flexibility index (Phi) is 3.50. The van der Waals surface area contributed by atoms with Crippen molar-refractivity contribution < 1.29 is 14.6 Å². The fourth-order valence-electron chi connectivity index (χ4n) is 2.59. The highest BCUT2D eigenvalue weighted by Crippen LogP contribution is 2.20. The Hall–Kier alpha value is -3.20. The van der Waals surface area contributed by atoms with Crippen LogP contribution < -0.4 is 5.56 Å². The minimum atomic E-state index is -0.584. The first kappa shape index (κ1) is 15.3. The van der Waals surface area contributed by atoms with Crippen LogP contribution in [-0.2, 0) is 18.4 Å². The average Bonchev–Trinajstić information content (AvgIpc) is 3.24. The number of benzene rings is 1. The molecule has 1 aromatic carbocycles. The van der Waals surface area contributed by atoms with Crippen LogP contribution in [0.25, 0.3) is 16.0 Å². The lowest BCUT2D eigenvalue weighted by Crippen LogP contribution is -2.19.